The van der Waals surface area contributed by atoms with E-state index in [1.54, 1.807) is 20.8 Å². The van der Waals surface area contributed by atoms with Crippen molar-refractivity contribution in [1.82, 2.24) is 9.29 Å². The number of likely N-dealkylation sites (N-methyl/N-ethyl adjacent to an activating group) is 1. The third-order valence-corrected chi connectivity index (χ3v) is 4.66. The molecular formula is C11H17ClN2O3S. The molecule has 5 nitrogen and oxygen atoms in total. The molecule has 0 radical (unpaired) electrons. The standard InChI is InChI=1S/C11H17ClN2O3S/c1-4-14(8-11(2,3)15)18(16,17)10-7-13-6-5-9(10)12/h5-7,15H,4,8H2,1-3H3. The zero-order valence-corrected chi connectivity index (χ0v) is 12.2. The van der Waals surface area contributed by atoms with E-state index in [2.05, 4.69) is 4.98 Å². The lowest BCUT2D eigenvalue weighted by atomic mass is 10.1. The quantitative estimate of drug-likeness (QED) is 0.893. The Morgan fingerprint density at radius 2 is 2.11 bits per heavy atom. The van der Waals surface area contributed by atoms with E-state index in [0.717, 1.165) is 0 Å². The van der Waals surface area contributed by atoms with Gasteiger partial charge in [0.25, 0.3) is 0 Å². The third kappa shape index (κ3) is 3.65. The summed E-state index contributed by atoms with van der Waals surface area (Å²) >= 11 is 5.87. The Morgan fingerprint density at radius 3 is 2.56 bits per heavy atom. The molecule has 0 atom stereocenters. The molecule has 1 heterocycles. The van der Waals surface area contributed by atoms with Gasteiger partial charge >= 0.3 is 0 Å². The average Bonchev–Trinajstić information content (AvgIpc) is 2.24. The fourth-order valence-corrected chi connectivity index (χ4v) is 3.50. The van der Waals surface area contributed by atoms with Crippen molar-refractivity contribution in [1.29, 1.82) is 0 Å². The highest BCUT2D eigenvalue weighted by Gasteiger charge is 2.29. The predicted molar refractivity (Wildman–Crippen MR) is 70.0 cm³/mol. The van der Waals surface area contributed by atoms with E-state index < -0.39 is 15.6 Å². The van der Waals surface area contributed by atoms with Crippen molar-refractivity contribution < 1.29 is 13.5 Å². The molecule has 0 saturated heterocycles. The SMILES string of the molecule is CCN(CC(C)(C)O)S(=O)(=O)c1cnccc1Cl. The molecule has 0 aromatic carbocycles. The van der Waals surface area contributed by atoms with Crippen LogP contribution in [0.4, 0.5) is 0 Å². The number of aliphatic hydroxyl groups is 1. The number of hydrogen-bond acceptors (Lipinski definition) is 4. The molecule has 0 amide bonds. The van der Waals surface area contributed by atoms with Gasteiger partial charge in [-0.1, -0.05) is 18.5 Å². The normalized spacial score (nSPS) is 13.0. The van der Waals surface area contributed by atoms with Crippen LogP contribution < -0.4 is 0 Å². The Bertz CT molecular complexity index is 511. The first-order valence-corrected chi connectivity index (χ1v) is 7.32. The van der Waals surface area contributed by atoms with E-state index in [9.17, 15) is 13.5 Å². The van der Waals surface area contributed by atoms with Gasteiger partial charge in [0.15, 0.2) is 0 Å². The van der Waals surface area contributed by atoms with Crippen molar-refractivity contribution in [3.8, 4) is 0 Å². The van der Waals surface area contributed by atoms with Gasteiger partial charge in [-0.2, -0.15) is 4.31 Å². The smallest absolute Gasteiger partial charge is 0.246 e. The molecule has 0 spiro atoms. The van der Waals surface area contributed by atoms with E-state index in [4.69, 9.17) is 11.6 Å². The number of halogens is 1. The van der Waals surface area contributed by atoms with Crippen LogP contribution in [-0.4, -0.2) is 41.5 Å². The summed E-state index contributed by atoms with van der Waals surface area (Å²) < 4.78 is 25.9. The van der Waals surface area contributed by atoms with E-state index in [1.807, 2.05) is 0 Å². The van der Waals surface area contributed by atoms with Crippen LogP contribution >= 0.6 is 11.6 Å². The van der Waals surface area contributed by atoms with Crippen LogP contribution in [0.25, 0.3) is 0 Å². The second-order valence-corrected chi connectivity index (χ2v) is 6.86. The summed E-state index contributed by atoms with van der Waals surface area (Å²) in [6.45, 7) is 5.05. The first kappa shape index (κ1) is 15.4. The van der Waals surface area contributed by atoms with Crippen molar-refractivity contribution in [2.45, 2.75) is 31.3 Å². The average molecular weight is 293 g/mol. The molecule has 0 aliphatic rings. The van der Waals surface area contributed by atoms with E-state index >= 15 is 0 Å². The van der Waals surface area contributed by atoms with Gasteiger partial charge in [0.2, 0.25) is 10.0 Å². The van der Waals surface area contributed by atoms with Gasteiger partial charge in [-0.25, -0.2) is 8.42 Å². The summed E-state index contributed by atoms with van der Waals surface area (Å²) in [4.78, 5) is 3.73. The number of aromatic nitrogens is 1. The van der Waals surface area contributed by atoms with E-state index in [1.165, 1.54) is 22.8 Å². The minimum atomic E-state index is -3.74. The molecule has 1 N–H and O–H groups in total. The van der Waals surface area contributed by atoms with Gasteiger partial charge in [0.1, 0.15) is 4.90 Å². The van der Waals surface area contributed by atoms with E-state index in [0.29, 0.717) is 0 Å². The summed E-state index contributed by atoms with van der Waals surface area (Å²) in [6, 6.07) is 1.42. The van der Waals surface area contributed by atoms with Crippen LogP contribution in [0.2, 0.25) is 5.02 Å². The third-order valence-electron chi connectivity index (χ3n) is 2.27. The largest absolute Gasteiger partial charge is 0.389 e. The van der Waals surface area contributed by atoms with Crippen molar-refractivity contribution in [3.63, 3.8) is 0 Å². The molecule has 0 unspecified atom stereocenters. The van der Waals surface area contributed by atoms with Gasteiger partial charge in [-0.15, -0.1) is 0 Å². The molecule has 0 aliphatic heterocycles. The summed E-state index contributed by atoms with van der Waals surface area (Å²) in [5.41, 5.74) is -1.11. The van der Waals surface area contributed by atoms with Gasteiger partial charge < -0.3 is 5.11 Å². The van der Waals surface area contributed by atoms with Gasteiger partial charge in [0, 0.05) is 25.5 Å². The van der Waals surface area contributed by atoms with Crippen LogP contribution in [0.15, 0.2) is 23.4 Å². The van der Waals surface area contributed by atoms with Crippen LogP contribution in [0.1, 0.15) is 20.8 Å². The lowest BCUT2D eigenvalue weighted by Crippen LogP contribution is -2.42. The molecule has 7 heteroatoms. The topological polar surface area (TPSA) is 70.5 Å². The van der Waals surface area contributed by atoms with Gasteiger partial charge in [-0.05, 0) is 19.9 Å². The molecule has 0 fully saturated rings. The maximum absolute atomic E-state index is 12.4. The fraction of sp³-hybridized carbons (Fsp3) is 0.545. The molecular weight excluding hydrogens is 276 g/mol. The first-order chi connectivity index (χ1) is 8.18. The Balaban J connectivity index is 3.16. The molecule has 1 aromatic rings. The zero-order valence-electron chi connectivity index (χ0n) is 10.6. The second-order valence-electron chi connectivity index (χ2n) is 4.55. The van der Waals surface area contributed by atoms with Gasteiger partial charge in [-0.3, -0.25) is 4.98 Å². The fourth-order valence-electron chi connectivity index (χ4n) is 1.49. The summed E-state index contributed by atoms with van der Waals surface area (Å²) in [5, 5.41) is 9.87. The monoisotopic (exact) mass is 292 g/mol. The number of sulfonamides is 1. The van der Waals surface area contributed by atoms with Crippen molar-refractivity contribution in [2.24, 2.45) is 0 Å². The van der Waals surface area contributed by atoms with Crippen molar-refractivity contribution in [2.75, 3.05) is 13.1 Å². The maximum atomic E-state index is 12.4. The molecule has 18 heavy (non-hydrogen) atoms. The molecule has 0 saturated carbocycles. The summed E-state index contributed by atoms with van der Waals surface area (Å²) in [6.07, 6.45) is 2.64. The van der Waals surface area contributed by atoms with E-state index in [-0.39, 0.29) is 23.0 Å². The molecule has 0 bridgehead atoms. The first-order valence-electron chi connectivity index (χ1n) is 5.50. The lowest BCUT2D eigenvalue weighted by Gasteiger charge is -2.27. The predicted octanol–water partition coefficient (Wildman–Crippen LogP) is 1.52. The van der Waals surface area contributed by atoms with Crippen LogP contribution in [0, 0.1) is 0 Å². The number of hydrogen-bond donors (Lipinski definition) is 1. The molecule has 102 valence electrons. The highest BCUT2D eigenvalue weighted by atomic mass is 35.5. The Labute approximate surface area is 112 Å². The van der Waals surface area contributed by atoms with Gasteiger partial charge in [0.05, 0.1) is 10.6 Å². The molecule has 0 aliphatic carbocycles. The summed E-state index contributed by atoms with van der Waals surface area (Å²) in [7, 11) is -3.74. The molecule has 1 aromatic heterocycles. The maximum Gasteiger partial charge on any atom is 0.246 e. The number of pyridine rings is 1. The highest BCUT2D eigenvalue weighted by molar-refractivity contribution is 7.89. The highest BCUT2D eigenvalue weighted by Crippen LogP contribution is 2.24. The Kier molecular flexibility index (Phi) is 4.72. The minimum Gasteiger partial charge on any atom is -0.389 e. The molecule has 1 rings (SSSR count). The van der Waals surface area contributed by atoms with Crippen molar-refractivity contribution >= 4 is 21.6 Å². The Morgan fingerprint density at radius 1 is 1.50 bits per heavy atom. The number of rotatable bonds is 5. The van der Waals surface area contributed by atoms with Crippen LogP contribution in [0.3, 0.4) is 0 Å². The van der Waals surface area contributed by atoms with Crippen molar-refractivity contribution in [3.05, 3.63) is 23.5 Å². The lowest BCUT2D eigenvalue weighted by molar-refractivity contribution is 0.0601. The van der Waals surface area contributed by atoms with Crippen LogP contribution in [0.5, 0.6) is 0 Å². The van der Waals surface area contributed by atoms with Crippen LogP contribution in [-0.2, 0) is 10.0 Å². The summed E-state index contributed by atoms with van der Waals surface area (Å²) in [5.74, 6) is 0. The number of nitrogens with zero attached hydrogens (tertiary/aromatic N) is 2. The minimum absolute atomic E-state index is 0.00292. The second kappa shape index (κ2) is 5.52. The zero-order chi connectivity index (χ0) is 14.0. The Hall–Kier alpha value is -0.690.